The summed E-state index contributed by atoms with van der Waals surface area (Å²) in [5.74, 6) is 0.130. The van der Waals surface area contributed by atoms with Gasteiger partial charge in [-0.25, -0.2) is 0 Å². The van der Waals surface area contributed by atoms with Crippen molar-refractivity contribution in [3.63, 3.8) is 0 Å². The Kier molecular flexibility index (Phi) is 10.3. The van der Waals surface area contributed by atoms with Crippen molar-refractivity contribution in [2.45, 2.75) is 66.2 Å². The Labute approximate surface area is 215 Å². The van der Waals surface area contributed by atoms with E-state index in [0.29, 0.717) is 11.0 Å². The molecule has 0 saturated heterocycles. The highest BCUT2D eigenvalue weighted by Gasteiger charge is 2.36. The number of nitrogens with one attached hydrogen (secondary N) is 1. The summed E-state index contributed by atoms with van der Waals surface area (Å²) in [6.45, 7) is 21.4. The fraction of sp³-hybridized carbons (Fsp3) is 0.467. The van der Waals surface area contributed by atoms with E-state index in [9.17, 15) is 5.26 Å². The molecule has 1 aliphatic carbocycles. The van der Waals surface area contributed by atoms with E-state index < -0.39 is 0 Å². The van der Waals surface area contributed by atoms with Gasteiger partial charge in [0.1, 0.15) is 0 Å². The molecule has 1 N–H and O–H groups in total. The number of nitrogens with zero attached hydrogens (tertiary/aromatic N) is 2. The summed E-state index contributed by atoms with van der Waals surface area (Å²) in [6.07, 6.45) is 6.59. The molecule has 0 amide bonds. The van der Waals surface area contributed by atoms with Gasteiger partial charge in [0.25, 0.3) is 0 Å². The smallest absolute Gasteiger partial charge is 0.0991 e. The van der Waals surface area contributed by atoms with Gasteiger partial charge in [0.15, 0.2) is 0 Å². The van der Waals surface area contributed by atoms with E-state index >= 15 is 0 Å². The van der Waals surface area contributed by atoms with E-state index in [0.717, 1.165) is 52.8 Å². The summed E-state index contributed by atoms with van der Waals surface area (Å²) < 4.78 is 0.996. The van der Waals surface area contributed by atoms with E-state index in [1.54, 1.807) is 0 Å². The molecular weight excluding hydrogens is 482 g/mol. The Balaban J connectivity index is 2.29. The molecule has 0 heterocycles. The maximum Gasteiger partial charge on any atom is 0.0991 e. The lowest BCUT2D eigenvalue weighted by molar-refractivity contribution is 0.501. The standard InChI is InChI=1S/C30H40BrN3/c1-20(2)26(15-21(3)11-14-34-19-30(7)12-13-30)29(24(6)33-8)28(31)16-23(5)27-17-25(18-32)10-9-22(27)4/h9-10,16-17,23,34H,1,3,11-15,19H2,2,4-8H3/b28-16+,29-26+,33-24?. The molecule has 1 fully saturated rings. The number of allylic oxidation sites excluding steroid dienone is 5. The van der Waals surface area contributed by atoms with Crippen LogP contribution in [0.5, 0.6) is 0 Å². The van der Waals surface area contributed by atoms with Crippen LogP contribution in [-0.4, -0.2) is 25.8 Å². The van der Waals surface area contributed by atoms with Crippen molar-refractivity contribution >= 4 is 21.6 Å². The summed E-state index contributed by atoms with van der Waals surface area (Å²) in [6, 6.07) is 8.12. The van der Waals surface area contributed by atoms with Gasteiger partial charge in [0.2, 0.25) is 0 Å². The summed E-state index contributed by atoms with van der Waals surface area (Å²) >= 11 is 3.87. The molecule has 1 unspecified atom stereocenters. The summed E-state index contributed by atoms with van der Waals surface area (Å²) in [7, 11) is 1.83. The first-order chi connectivity index (χ1) is 16.0. The lowest BCUT2D eigenvalue weighted by Crippen LogP contribution is -2.23. The molecule has 1 saturated carbocycles. The monoisotopic (exact) mass is 521 g/mol. The Bertz CT molecular complexity index is 1060. The number of halogens is 1. The van der Waals surface area contributed by atoms with Gasteiger partial charge in [-0.3, -0.25) is 4.99 Å². The highest BCUT2D eigenvalue weighted by Crippen LogP contribution is 2.44. The number of hydrogen-bond acceptors (Lipinski definition) is 3. The first-order valence-corrected chi connectivity index (χ1v) is 12.9. The zero-order valence-corrected chi connectivity index (χ0v) is 23.4. The molecule has 1 aromatic rings. The van der Waals surface area contributed by atoms with E-state index in [1.807, 2.05) is 32.2 Å². The first kappa shape index (κ1) is 28.0. The fourth-order valence-corrected chi connectivity index (χ4v) is 5.00. The van der Waals surface area contributed by atoms with Gasteiger partial charge in [0.05, 0.1) is 11.6 Å². The van der Waals surface area contributed by atoms with Crippen LogP contribution in [0.4, 0.5) is 0 Å². The third-order valence-corrected chi connectivity index (χ3v) is 7.45. The van der Waals surface area contributed by atoms with Crippen LogP contribution in [0.25, 0.3) is 0 Å². The molecular formula is C30H40BrN3. The maximum absolute atomic E-state index is 9.33. The number of aliphatic imine (C=N–C) groups is 1. The summed E-state index contributed by atoms with van der Waals surface area (Å²) in [5.41, 5.74) is 8.95. The summed E-state index contributed by atoms with van der Waals surface area (Å²) in [4.78, 5) is 4.52. The maximum atomic E-state index is 9.33. The third-order valence-electron chi connectivity index (χ3n) is 6.79. The zero-order chi connectivity index (χ0) is 25.5. The minimum atomic E-state index is 0.130. The van der Waals surface area contributed by atoms with Crippen LogP contribution in [0.15, 0.2) is 69.2 Å². The normalized spacial score (nSPS) is 17.0. The fourth-order valence-electron chi connectivity index (χ4n) is 4.08. The van der Waals surface area contributed by atoms with Crippen molar-refractivity contribution in [1.82, 2.24) is 5.32 Å². The van der Waals surface area contributed by atoms with Crippen LogP contribution in [0, 0.1) is 23.7 Å². The molecule has 182 valence electrons. The highest BCUT2D eigenvalue weighted by molar-refractivity contribution is 9.12. The van der Waals surface area contributed by atoms with Crippen LogP contribution in [0.2, 0.25) is 0 Å². The highest BCUT2D eigenvalue weighted by atomic mass is 79.9. The van der Waals surface area contributed by atoms with Crippen molar-refractivity contribution < 1.29 is 0 Å². The van der Waals surface area contributed by atoms with Gasteiger partial charge in [0, 0.05) is 35.3 Å². The molecule has 3 nitrogen and oxygen atoms in total. The Morgan fingerprint density at radius 1 is 1.32 bits per heavy atom. The van der Waals surface area contributed by atoms with Gasteiger partial charge in [-0.15, -0.1) is 0 Å². The molecule has 4 heteroatoms. The average Bonchev–Trinajstić information content (AvgIpc) is 3.53. The molecule has 0 bridgehead atoms. The number of benzene rings is 1. The second kappa shape index (κ2) is 12.5. The second-order valence-corrected chi connectivity index (χ2v) is 10.9. The summed E-state index contributed by atoms with van der Waals surface area (Å²) in [5, 5.41) is 12.9. The van der Waals surface area contributed by atoms with Crippen LogP contribution >= 0.6 is 15.9 Å². The van der Waals surface area contributed by atoms with Crippen molar-refractivity contribution in [2.24, 2.45) is 10.4 Å². The molecule has 0 spiro atoms. The minimum Gasteiger partial charge on any atom is -0.316 e. The molecule has 1 aromatic carbocycles. The lowest BCUT2D eigenvalue weighted by Gasteiger charge is -2.19. The first-order valence-electron chi connectivity index (χ1n) is 12.1. The van der Waals surface area contributed by atoms with Gasteiger partial charge >= 0.3 is 0 Å². The molecule has 0 aliphatic heterocycles. The van der Waals surface area contributed by atoms with E-state index in [-0.39, 0.29) is 5.92 Å². The molecule has 1 atom stereocenters. The topological polar surface area (TPSA) is 48.2 Å². The Morgan fingerprint density at radius 2 is 2.00 bits per heavy atom. The molecule has 2 rings (SSSR count). The average molecular weight is 523 g/mol. The van der Waals surface area contributed by atoms with Gasteiger partial charge in [-0.2, -0.15) is 5.26 Å². The van der Waals surface area contributed by atoms with E-state index in [1.165, 1.54) is 29.6 Å². The number of hydrogen-bond donors (Lipinski definition) is 1. The zero-order valence-electron chi connectivity index (χ0n) is 21.8. The Hall–Kier alpha value is -2.22. The largest absolute Gasteiger partial charge is 0.316 e. The van der Waals surface area contributed by atoms with Crippen molar-refractivity contribution in [3.8, 4) is 6.07 Å². The van der Waals surface area contributed by atoms with Crippen LogP contribution in [-0.2, 0) is 0 Å². The second-order valence-electron chi connectivity index (χ2n) is 10.1. The SMILES string of the molecule is C=C(CCNCC1(C)CC1)C/C(C(=C)C)=C(C(C)=NC)\C(Br)=C/C(C)c1cc(C#N)ccc1C. The van der Waals surface area contributed by atoms with Crippen molar-refractivity contribution in [3.05, 3.63) is 80.9 Å². The van der Waals surface area contributed by atoms with Crippen molar-refractivity contribution in [2.75, 3.05) is 20.1 Å². The van der Waals surface area contributed by atoms with Crippen LogP contribution in [0.3, 0.4) is 0 Å². The van der Waals surface area contributed by atoms with Gasteiger partial charge in [-0.1, -0.05) is 66.2 Å². The third kappa shape index (κ3) is 7.93. The number of nitriles is 1. The van der Waals surface area contributed by atoms with Crippen molar-refractivity contribution in [1.29, 1.82) is 5.26 Å². The van der Waals surface area contributed by atoms with E-state index in [2.05, 4.69) is 79.2 Å². The van der Waals surface area contributed by atoms with Crippen LogP contribution in [0.1, 0.15) is 76.0 Å². The van der Waals surface area contributed by atoms with Crippen LogP contribution < -0.4 is 5.32 Å². The quantitative estimate of drug-likeness (QED) is 0.131. The van der Waals surface area contributed by atoms with E-state index in [4.69, 9.17) is 0 Å². The molecule has 1 aliphatic rings. The number of rotatable bonds is 12. The molecule has 34 heavy (non-hydrogen) atoms. The number of aryl methyl sites for hydroxylation is 1. The Morgan fingerprint density at radius 3 is 2.56 bits per heavy atom. The minimum absolute atomic E-state index is 0.130. The lowest BCUT2D eigenvalue weighted by atomic mass is 9.89. The van der Waals surface area contributed by atoms with Gasteiger partial charge < -0.3 is 5.32 Å². The predicted molar refractivity (Wildman–Crippen MR) is 151 cm³/mol. The molecule has 0 radical (unpaired) electrons. The van der Waals surface area contributed by atoms with Gasteiger partial charge in [-0.05, 0) is 87.2 Å². The predicted octanol–water partition coefficient (Wildman–Crippen LogP) is 7.94. The molecule has 0 aromatic heterocycles.